The molecule has 0 saturated heterocycles. The lowest BCUT2D eigenvalue weighted by molar-refractivity contribution is -0.140. The van der Waals surface area contributed by atoms with Crippen molar-refractivity contribution in [3.63, 3.8) is 0 Å². The van der Waals surface area contributed by atoms with E-state index in [1.165, 1.54) is 35.5 Å². The molecule has 33 heavy (non-hydrogen) atoms. The molecule has 1 N–H and O–H groups in total. The second-order valence-corrected chi connectivity index (χ2v) is 9.46. The SMILES string of the molecule is CNC(=O)[C@@H](C)N(Cc1ccc(F)cc1)C(=O)CCCN(c1ccccc1OC)S(C)(=O)=O. The number of carbonyl (C=O) groups is 2. The highest BCUT2D eigenvalue weighted by molar-refractivity contribution is 7.92. The molecule has 10 heteroatoms. The number of benzene rings is 2. The Labute approximate surface area is 194 Å². The number of likely N-dealkylation sites (N-methyl/N-ethyl adjacent to an activating group) is 1. The fraction of sp³-hybridized carbons (Fsp3) is 0.391. The van der Waals surface area contributed by atoms with Crippen molar-refractivity contribution >= 4 is 27.5 Å². The highest BCUT2D eigenvalue weighted by atomic mass is 32.2. The van der Waals surface area contributed by atoms with E-state index in [0.717, 1.165) is 6.26 Å². The summed E-state index contributed by atoms with van der Waals surface area (Å²) < 4.78 is 44.5. The number of carbonyl (C=O) groups excluding carboxylic acids is 2. The Morgan fingerprint density at radius 2 is 1.76 bits per heavy atom. The van der Waals surface area contributed by atoms with E-state index in [2.05, 4.69) is 5.32 Å². The molecule has 180 valence electrons. The van der Waals surface area contributed by atoms with E-state index in [9.17, 15) is 22.4 Å². The van der Waals surface area contributed by atoms with Crippen LogP contribution in [0.2, 0.25) is 0 Å². The van der Waals surface area contributed by atoms with Gasteiger partial charge in [-0.15, -0.1) is 0 Å². The van der Waals surface area contributed by atoms with E-state index >= 15 is 0 Å². The molecule has 0 aliphatic rings. The number of sulfonamides is 1. The maximum Gasteiger partial charge on any atom is 0.242 e. The van der Waals surface area contributed by atoms with Crippen molar-refractivity contribution in [1.82, 2.24) is 10.2 Å². The summed E-state index contributed by atoms with van der Waals surface area (Å²) in [6.07, 6.45) is 1.34. The van der Waals surface area contributed by atoms with E-state index in [4.69, 9.17) is 4.74 Å². The van der Waals surface area contributed by atoms with Crippen LogP contribution in [0.1, 0.15) is 25.3 Å². The Hall–Kier alpha value is -3.14. The third-order valence-corrected chi connectivity index (χ3v) is 6.37. The van der Waals surface area contributed by atoms with Crippen molar-refractivity contribution in [2.45, 2.75) is 32.4 Å². The van der Waals surface area contributed by atoms with Gasteiger partial charge in [0.1, 0.15) is 17.6 Å². The van der Waals surface area contributed by atoms with Crippen LogP contribution in [0, 0.1) is 5.82 Å². The third kappa shape index (κ3) is 7.18. The van der Waals surface area contributed by atoms with Gasteiger partial charge in [-0.1, -0.05) is 24.3 Å². The topological polar surface area (TPSA) is 96.0 Å². The number of hydrogen-bond acceptors (Lipinski definition) is 5. The fourth-order valence-corrected chi connectivity index (χ4v) is 4.37. The number of hydrogen-bond donors (Lipinski definition) is 1. The van der Waals surface area contributed by atoms with E-state index in [-0.39, 0.29) is 37.7 Å². The summed E-state index contributed by atoms with van der Waals surface area (Å²) in [7, 11) is -0.689. The minimum absolute atomic E-state index is 0.0176. The molecule has 0 fully saturated rings. The summed E-state index contributed by atoms with van der Waals surface area (Å²) in [4.78, 5) is 26.7. The smallest absolute Gasteiger partial charge is 0.242 e. The van der Waals surface area contributed by atoms with Crippen molar-refractivity contribution in [2.24, 2.45) is 0 Å². The number of methoxy groups -OCH3 is 1. The Balaban J connectivity index is 2.16. The molecule has 2 aromatic rings. The zero-order valence-electron chi connectivity index (χ0n) is 19.2. The number of anilines is 1. The summed E-state index contributed by atoms with van der Waals surface area (Å²) in [6, 6.07) is 11.7. The van der Waals surface area contributed by atoms with Crippen LogP contribution < -0.4 is 14.4 Å². The van der Waals surface area contributed by atoms with Gasteiger partial charge in [-0.2, -0.15) is 0 Å². The summed E-state index contributed by atoms with van der Waals surface area (Å²) in [5.74, 6) is -0.644. The lowest BCUT2D eigenvalue weighted by Crippen LogP contribution is -2.46. The molecule has 0 spiro atoms. The second kappa shape index (κ2) is 11.6. The molecule has 0 radical (unpaired) electrons. The minimum atomic E-state index is -3.63. The molecule has 0 heterocycles. The minimum Gasteiger partial charge on any atom is -0.495 e. The number of ether oxygens (including phenoxy) is 1. The molecule has 0 bridgehead atoms. The number of nitrogens with zero attached hydrogens (tertiary/aromatic N) is 2. The van der Waals surface area contributed by atoms with Crippen LogP contribution in [0.5, 0.6) is 5.75 Å². The average molecular weight is 480 g/mol. The molecule has 2 aromatic carbocycles. The van der Waals surface area contributed by atoms with Gasteiger partial charge in [0.2, 0.25) is 21.8 Å². The first-order valence-electron chi connectivity index (χ1n) is 10.4. The van der Waals surface area contributed by atoms with Crippen LogP contribution in [0.25, 0.3) is 0 Å². The number of amides is 2. The maximum absolute atomic E-state index is 13.2. The molecular weight excluding hydrogens is 449 g/mol. The Kier molecular flexibility index (Phi) is 9.22. The molecule has 0 aromatic heterocycles. The molecule has 0 aliphatic carbocycles. The van der Waals surface area contributed by atoms with Crippen molar-refractivity contribution in [1.29, 1.82) is 0 Å². The number of para-hydroxylation sites is 2. The van der Waals surface area contributed by atoms with Gasteiger partial charge < -0.3 is 15.0 Å². The van der Waals surface area contributed by atoms with Crippen LogP contribution in [0.4, 0.5) is 10.1 Å². The van der Waals surface area contributed by atoms with E-state index in [0.29, 0.717) is 17.0 Å². The van der Waals surface area contributed by atoms with Crippen molar-refractivity contribution in [2.75, 3.05) is 31.3 Å². The summed E-state index contributed by atoms with van der Waals surface area (Å²) in [5.41, 5.74) is 1.06. The molecule has 1 atom stereocenters. The zero-order chi connectivity index (χ0) is 24.6. The molecule has 0 saturated carbocycles. The van der Waals surface area contributed by atoms with Crippen LogP contribution in [-0.4, -0.2) is 58.1 Å². The molecule has 0 aliphatic heterocycles. The predicted octanol–water partition coefficient (Wildman–Crippen LogP) is 2.54. The van der Waals surface area contributed by atoms with E-state index in [1.54, 1.807) is 43.3 Å². The average Bonchev–Trinajstić information content (AvgIpc) is 2.79. The Bertz CT molecular complexity index is 1060. The Morgan fingerprint density at radius 3 is 2.33 bits per heavy atom. The number of rotatable bonds is 11. The van der Waals surface area contributed by atoms with Gasteiger partial charge in [0, 0.05) is 26.6 Å². The fourth-order valence-electron chi connectivity index (χ4n) is 3.40. The van der Waals surface area contributed by atoms with E-state index in [1.807, 2.05) is 0 Å². The summed E-state index contributed by atoms with van der Waals surface area (Å²) in [6.45, 7) is 1.79. The first-order chi connectivity index (χ1) is 15.6. The van der Waals surface area contributed by atoms with Gasteiger partial charge in [-0.05, 0) is 43.2 Å². The van der Waals surface area contributed by atoms with Gasteiger partial charge in [0.15, 0.2) is 0 Å². The standard InChI is InChI=1S/C23H30FN3O5S/c1-17(23(29)25-2)26(16-18-11-13-19(24)14-12-18)22(28)10-7-15-27(33(4,30)31)20-8-5-6-9-21(20)32-3/h5-6,8-9,11-14,17H,7,10,15-16H2,1-4H3,(H,25,29)/t17-/m1/s1. The van der Waals surface area contributed by atoms with Gasteiger partial charge >= 0.3 is 0 Å². The monoisotopic (exact) mass is 479 g/mol. The lowest BCUT2D eigenvalue weighted by Gasteiger charge is -2.29. The van der Waals surface area contributed by atoms with Crippen LogP contribution in [0.15, 0.2) is 48.5 Å². The first kappa shape index (κ1) is 26.1. The van der Waals surface area contributed by atoms with E-state index < -0.39 is 21.9 Å². The maximum atomic E-state index is 13.2. The van der Waals surface area contributed by atoms with Gasteiger partial charge in [0.25, 0.3) is 0 Å². The quantitative estimate of drug-likeness (QED) is 0.534. The highest BCUT2D eigenvalue weighted by Gasteiger charge is 2.26. The summed E-state index contributed by atoms with van der Waals surface area (Å²) in [5, 5.41) is 2.53. The zero-order valence-corrected chi connectivity index (χ0v) is 20.1. The second-order valence-electron chi connectivity index (χ2n) is 7.55. The third-order valence-electron chi connectivity index (χ3n) is 5.19. The number of halogens is 1. The Morgan fingerprint density at radius 1 is 1.12 bits per heavy atom. The van der Waals surface area contributed by atoms with Crippen LogP contribution >= 0.6 is 0 Å². The molecule has 0 unspecified atom stereocenters. The van der Waals surface area contributed by atoms with Gasteiger partial charge in [-0.25, -0.2) is 12.8 Å². The number of nitrogens with one attached hydrogen (secondary N) is 1. The normalized spacial score (nSPS) is 12.0. The van der Waals surface area contributed by atoms with Gasteiger partial charge in [0.05, 0.1) is 19.1 Å². The van der Waals surface area contributed by atoms with Crippen molar-refractivity contribution < 1.29 is 27.1 Å². The largest absolute Gasteiger partial charge is 0.495 e. The molecule has 2 amide bonds. The highest BCUT2D eigenvalue weighted by Crippen LogP contribution is 2.29. The van der Waals surface area contributed by atoms with Gasteiger partial charge in [-0.3, -0.25) is 13.9 Å². The van der Waals surface area contributed by atoms with Crippen molar-refractivity contribution in [3.05, 3.63) is 59.9 Å². The molecule has 8 nitrogen and oxygen atoms in total. The van der Waals surface area contributed by atoms with Crippen molar-refractivity contribution in [3.8, 4) is 5.75 Å². The van der Waals surface area contributed by atoms with Crippen LogP contribution in [0.3, 0.4) is 0 Å². The lowest BCUT2D eigenvalue weighted by atomic mass is 10.1. The molecular formula is C23H30FN3O5S. The predicted molar refractivity (Wildman–Crippen MR) is 125 cm³/mol. The molecule has 2 rings (SSSR count). The first-order valence-corrected chi connectivity index (χ1v) is 12.3. The van der Waals surface area contributed by atoms with Crippen LogP contribution in [-0.2, 0) is 26.2 Å². The summed E-state index contributed by atoms with van der Waals surface area (Å²) >= 11 is 0.